The van der Waals surface area contributed by atoms with Crippen molar-refractivity contribution in [2.45, 2.75) is 40.2 Å². The Balaban J connectivity index is 2.77. The van der Waals surface area contributed by atoms with Gasteiger partial charge in [-0.1, -0.05) is 18.3 Å². The van der Waals surface area contributed by atoms with Crippen LogP contribution in [0.5, 0.6) is 0 Å². The summed E-state index contributed by atoms with van der Waals surface area (Å²) in [6, 6.07) is 0. The van der Waals surface area contributed by atoms with Crippen molar-refractivity contribution in [3.05, 3.63) is 20.2 Å². The Morgan fingerprint density at radius 3 is 2.43 bits per heavy atom. The van der Waals surface area contributed by atoms with Gasteiger partial charge in [0, 0.05) is 13.1 Å². The van der Waals surface area contributed by atoms with Crippen LogP contribution in [0.2, 0.25) is 0 Å². The number of rotatable bonds is 10. The highest BCUT2D eigenvalue weighted by atomic mass is 32.1. The fourth-order valence-electron chi connectivity index (χ4n) is 2.11. The molecule has 1 N–H and O–H groups in total. The third-order valence-corrected chi connectivity index (χ3v) is 3.91. The summed E-state index contributed by atoms with van der Waals surface area (Å²) in [5, 5.41) is 0. The van der Waals surface area contributed by atoms with E-state index in [-0.39, 0.29) is 29.6 Å². The van der Waals surface area contributed by atoms with E-state index in [2.05, 4.69) is 4.98 Å². The zero-order valence-corrected chi connectivity index (χ0v) is 14.7. The van der Waals surface area contributed by atoms with Crippen molar-refractivity contribution in [2.75, 3.05) is 26.3 Å². The largest absolute Gasteiger partial charge is 0.466 e. The van der Waals surface area contributed by atoms with Crippen LogP contribution in [0, 0.1) is 0 Å². The number of carbonyl (C=O) groups excluding carboxylic acids is 2. The number of nitrogens with one attached hydrogen (secondary N) is 1. The molecule has 1 heterocycles. The summed E-state index contributed by atoms with van der Waals surface area (Å²) >= 11 is 0.997. The molecule has 0 aliphatic carbocycles. The van der Waals surface area contributed by atoms with Gasteiger partial charge in [0.25, 0.3) is 0 Å². The van der Waals surface area contributed by atoms with E-state index in [1.807, 2.05) is 11.8 Å². The van der Waals surface area contributed by atoms with E-state index in [0.29, 0.717) is 24.6 Å². The Labute approximate surface area is 139 Å². The normalized spacial score (nSPS) is 10.8. The van der Waals surface area contributed by atoms with Crippen LogP contribution in [0.4, 0.5) is 0 Å². The van der Waals surface area contributed by atoms with Crippen molar-refractivity contribution in [1.82, 2.24) is 9.88 Å². The van der Waals surface area contributed by atoms with E-state index in [9.17, 15) is 14.4 Å². The van der Waals surface area contributed by atoms with Crippen LogP contribution in [0.25, 0.3) is 0 Å². The summed E-state index contributed by atoms with van der Waals surface area (Å²) in [6.45, 7) is 7.81. The highest BCUT2D eigenvalue weighted by molar-refractivity contribution is 7.09. The minimum absolute atomic E-state index is 0.207. The number of aromatic amines is 1. The summed E-state index contributed by atoms with van der Waals surface area (Å²) in [5.74, 6) is -0.774. The molecule has 0 aliphatic heterocycles. The molecule has 0 unspecified atom stereocenters. The molecule has 0 aliphatic rings. The van der Waals surface area contributed by atoms with Crippen LogP contribution in [0.1, 0.15) is 49.0 Å². The average Bonchev–Trinajstić information content (AvgIpc) is 2.86. The SMILES string of the molecule is CCCN(CCC(=O)OCC)Cc1sc(=O)[nH]c1C(=O)OCC. The molecule has 0 aromatic carbocycles. The molecule has 1 rings (SSSR count). The molecule has 1 aromatic heterocycles. The number of nitrogens with zero attached hydrogens (tertiary/aromatic N) is 1. The smallest absolute Gasteiger partial charge is 0.356 e. The number of ether oxygens (including phenoxy) is 2. The Bertz CT molecular complexity index is 566. The maximum absolute atomic E-state index is 11.9. The van der Waals surface area contributed by atoms with Crippen molar-refractivity contribution in [2.24, 2.45) is 0 Å². The van der Waals surface area contributed by atoms with Gasteiger partial charge < -0.3 is 14.5 Å². The quantitative estimate of drug-likeness (QED) is 0.651. The molecule has 130 valence electrons. The molecule has 0 amide bonds. The summed E-state index contributed by atoms with van der Waals surface area (Å²) in [4.78, 5) is 39.9. The first-order chi connectivity index (χ1) is 11.0. The van der Waals surface area contributed by atoms with Gasteiger partial charge in [-0.15, -0.1) is 0 Å². The predicted octanol–water partition coefficient (Wildman–Crippen LogP) is 1.78. The molecule has 0 saturated heterocycles. The lowest BCUT2D eigenvalue weighted by molar-refractivity contribution is -0.143. The zero-order chi connectivity index (χ0) is 17.2. The van der Waals surface area contributed by atoms with Gasteiger partial charge in [-0.25, -0.2) is 4.79 Å². The van der Waals surface area contributed by atoms with Crippen LogP contribution in [0.3, 0.4) is 0 Å². The first-order valence-corrected chi connectivity index (χ1v) is 8.60. The number of thiazole rings is 1. The van der Waals surface area contributed by atoms with Gasteiger partial charge >= 0.3 is 16.8 Å². The Morgan fingerprint density at radius 2 is 1.83 bits per heavy atom. The second-order valence-electron chi connectivity index (χ2n) is 4.86. The molecular weight excluding hydrogens is 320 g/mol. The monoisotopic (exact) mass is 344 g/mol. The van der Waals surface area contributed by atoms with Gasteiger partial charge in [-0.3, -0.25) is 14.5 Å². The first-order valence-electron chi connectivity index (χ1n) is 7.78. The molecule has 0 atom stereocenters. The summed E-state index contributed by atoms with van der Waals surface area (Å²) < 4.78 is 9.88. The summed E-state index contributed by atoms with van der Waals surface area (Å²) in [5.41, 5.74) is 0.207. The van der Waals surface area contributed by atoms with E-state index in [1.54, 1.807) is 13.8 Å². The van der Waals surface area contributed by atoms with E-state index >= 15 is 0 Å². The van der Waals surface area contributed by atoms with Gasteiger partial charge in [0.05, 0.1) is 24.5 Å². The minimum atomic E-state index is -0.525. The van der Waals surface area contributed by atoms with Crippen LogP contribution in [0.15, 0.2) is 4.79 Å². The molecule has 0 radical (unpaired) electrons. The van der Waals surface area contributed by atoms with Crippen molar-refractivity contribution in [3.63, 3.8) is 0 Å². The van der Waals surface area contributed by atoms with Gasteiger partial charge in [-0.2, -0.15) is 0 Å². The maximum Gasteiger partial charge on any atom is 0.356 e. The van der Waals surface area contributed by atoms with Crippen LogP contribution in [-0.4, -0.2) is 48.1 Å². The number of esters is 2. The van der Waals surface area contributed by atoms with E-state index in [0.717, 1.165) is 24.3 Å². The van der Waals surface area contributed by atoms with Crippen molar-refractivity contribution in [1.29, 1.82) is 0 Å². The molecule has 0 saturated carbocycles. The predicted molar refractivity (Wildman–Crippen MR) is 87.7 cm³/mol. The Morgan fingerprint density at radius 1 is 1.13 bits per heavy atom. The summed E-state index contributed by atoms with van der Waals surface area (Å²) in [7, 11) is 0. The van der Waals surface area contributed by atoms with Crippen LogP contribution >= 0.6 is 11.3 Å². The topological polar surface area (TPSA) is 88.7 Å². The Kier molecular flexibility index (Phi) is 8.57. The van der Waals surface area contributed by atoms with Crippen LogP contribution < -0.4 is 4.87 Å². The van der Waals surface area contributed by atoms with Gasteiger partial charge in [0.1, 0.15) is 5.69 Å². The highest BCUT2D eigenvalue weighted by Crippen LogP contribution is 2.15. The lowest BCUT2D eigenvalue weighted by atomic mass is 10.3. The first kappa shape index (κ1) is 19.4. The van der Waals surface area contributed by atoms with E-state index in [4.69, 9.17) is 9.47 Å². The van der Waals surface area contributed by atoms with Crippen molar-refractivity contribution in [3.8, 4) is 0 Å². The van der Waals surface area contributed by atoms with E-state index < -0.39 is 5.97 Å². The zero-order valence-electron chi connectivity index (χ0n) is 13.8. The lowest BCUT2D eigenvalue weighted by Gasteiger charge is -2.20. The third-order valence-electron chi connectivity index (χ3n) is 3.05. The van der Waals surface area contributed by atoms with Crippen molar-refractivity contribution >= 4 is 23.3 Å². The second kappa shape index (κ2) is 10.2. The van der Waals surface area contributed by atoms with Gasteiger partial charge in [0.15, 0.2) is 0 Å². The molecule has 1 aromatic rings. The third kappa shape index (κ3) is 6.54. The summed E-state index contributed by atoms with van der Waals surface area (Å²) in [6.07, 6.45) is 1.18. The number of aromatic nitrogens is 1. The second-order valence-corrected chi connectivity index (χ2v) is 5.93. The standard InChI is InChI=1S/C15H24N2O5S/c1-4-8-17(9-7-12(18)21-5-2)10-11-13(14(19)22-6-3)16-15(20)23-11/h4-10H2,1-3H3,(H,16,20). The molecule has 0 fully saturated rings. The number of hydrogen-bond acceptors (Lipinski definition) is 7. The van der Waals surface area contributed by atoms with Crippen molar-refractivity contribution < 1.29 is 19.1 Å². The molecule has 7 nitrogen and oxygen atoms in total. The van der Waals surface area contributed by atoms with Crippen LogP contribution in [-0.2, 0) is 20.8 Å². The van der Waals surface area contributed by atoms with Gasteiger partial charge in [0.2, 0.25) is 0 Å². The highest BCUT2D eigenvalue weighted by Gasteiger charge is 2.19. The molecule has 8 heteroatoms. The number of hydrogen-bond donors (Lipinski definition) is 1. The fraction of sp³-hybridized carbons (Fsp3) is 0.667. The minimum Gasteiger partial charge on any atom is -0.466 e. The lowest BCUT2D eigenvalue weighted by Crippen LogP contribution is -2.28. The molecular formula is C15H24N2O5S. The molecule has 23 heavy (non-hydrogen) atoms. The average molecular weight is 344 g/mol. The molecule has 0 bridgehead atoms. The Hall–Kier alpha value is -1.67. The van der Waals surface area contributed by atoms with Gasteiger partial charge in [-0.05, 0) is 26.8 Å². The number of H-pyrrole nitrogens is 1. The number of carbonyl (C=O) groups is 2. The molecule has 0 spiro atoms. The maximum atomic E-state index is 11.9. The fourth-order valence-corrected chi connectivity index (χ4v) is 2.97. The van der Waals surface area contributed by atoms with E-state index in [1.165, 1.54) is 0 Å².